The first kappa shape index (κ1) is 15.3. The summed E-state index contributed by atoms with van der Waals surface area (Å²) in [4.78, 5) is 25.6. The molecule has 0 aliphatic carbocycles. The van der Waals surface area contributed by atoms with Gasteiger partial charge in [-0.3, -0.25) is 4.79 Å². The van der Waals surface area contributed by atoms with Crippen molar-refractivity contribution in [2.24, 2.45) is 0 Å². The van der Waals surface area contributed by atoms with Crippen molar-refractivity contribution in [3.05, 3.63) is 30.1 Å². The maximum Gasteiger partial charge on any atom is 0.315 e. The Balaban J connectivity index is 1.95. The van der Waals surface area contributed by atoms with E-state index in [0.29, 0.717) is 18.7 Å². The van der Waals surface area contributed by atoms with Crippen molar-refractivity contribution in [3.8, 4) is 0 Å². The lowest BCUT2D eigenvalue weighted by molar-refractivity contribution is -0.118. The minimum atomic E-state index is -0.529. The van der Waals surface area contributed by atoms with Crippen LogP contribution >= 0.6 is 0 Å². The van der Waals surface area contributed by atoms with Gasteiger partial charge in [0.05, 0.1) is 0 Å². The second kappa shape index (κ2) is 6.56. The molecule has 1 aliphatic rings. The van der Waals surface area contributed by atoms with E-state index in [2.05, 4.69) is 10.6 Å². The van der Waals surface area contributed by atoms with Crippen molar-refractivity contribution in [1.29, 1.82) is 0 Å². The molecule has 0 saturated carbocycles. The van der Waals surface area contributed by atoms with Gasteiger partial charge in [-0.25, -0.2) is 9.18 Å². The molecular formula is C15H20FN3O2. The molecule has 1 aliphatic heterocycles. The predicted octanol–water partition coefficient (Wildman–Crippen LogP) is 2.03. The molecule has 6 heteroatoms. The van der Waals surface area contributed by atoms with Crippen molar-refractivity contribution < 1.29 is 14.0 Å². The van der Waals surface area contributed by atoms with Gasteiger partial charge >= 0.3 is 6.03 Å². The van der Waals surface area contributed by atoms with E-state index in [1.54, 1.807) is 17.0 Å². The molecule has 2 unspecified atom stereocenters. The number of halogens is 1. The summed E-state index contributed by atoms with van der Waals surface area (Å²) in [5.74, 6) is -0.506. The Morgan fingerprint density at radius 1 is 1.43 bits per heavy atom. The molecule has 5 nitrogen and oxygen atoms in total. The summed E-state index contributed by atoms with van der Waals surface area (Å²) in [5, 5.41) is 5.46. The van der Waals surface area contributed by atoms with Crippen LogP contribution in [0.1, 0.15) is 26.7 Å². The summed E-state index contributed by atoms with van der Waals surface area (Å²) in [5.41, 5.74) is 0.646. The number of amides is 3. The predicted molar refractivity (Wildman–Crippen MR) is 78.6 cm³/mol. The molecule has 0 bridgehead atoms. The Bertz CT molecular complexity index is 518. The molecule has 1 aromatic rings. The second-order valence-corrected chi connectivity index (χ2v) is 5.23. The lowest BCUT2D eigenvalue weighted by Crippen LogP contribution is -2.48. The van der Waals surface area contributed by atoms with Gasteiger partial charge in [0, 0.05) is 18.3 Å². The van der Waals surface area contributed by atoms with Gasteiger partial charge in [0.2, 0.25) is 5.91 Å². The van der Waals surface area contributed by atoms with Gasteiger partial charge in [0.15, 0.2) is 0 Å². The third-order valence-electron chi connectivity index (χ3n) is 3.64. The number of nitrogens with one attached hydrogen (secondary N) is 2. The topological polar surface area (TPSA) is 61.4 Å². The minimum absolute atomic E-state index is 0.0645. The van der Waals surface area contributed by atoms with Gasteiger partial charge < -0.3 is 15.5 Å². The zero-order valence-corrected chi connectivity index (χ0v) is 12.2. The SMILES string of the molecule is CCC(C)NC(=O)NC1CCN(c2ccc(F)cc2)C1=O. The smallest absolute Gasteiger partial charge is 0.315 e. The van der Waals surface area contributed by atoms with Crippen LogP contribution < -0.4 is 15.5 Å². The maximum atomic E-state index is 12.9. The largest absolute Gasteiger partial charge is 0.336 e. The molecule has 114 valence electrons. The Labute approximate surface area is 123 Å². The molecule has 0 spiro atoms. The summed E-state index contributed by atoms with van der Waals surface area (Å²) in [7, 11) is 0. The number of hydrogen-bond acceptors (Lipinski definition) is 2. The summed E-state index contributed by atoms with van der Waals surface area (Å²) in [6, 6.07) is 4.97. The highest BCUT2D eigenvalue weighted by molar-refractivity contribution is 6.01. The first-order chi connectivity index (χ1) is 10.0. The zero-order valence-electron chi connectivity index (χ0n) is 12.2. The molecule has 1 saturated heterocycles. The molecule has 0 radical (unpaired) electrons. The lowest BCUT2D eigenvalue weighted by atomic mass is 10.2. The normalized spacial score (nSPS) is 19.5. The first-order valence-corrected chi connectivity index (χ1v) is 7.15. The molecule has 3 amide bonds. The maximum absolute atomic E-state index is 12.9. The van der Waals surface area contributed by atoms with Crippen molar-refractivity contribution in [3.63, 3.8) is 0 Å². The van der Waals surface area contributed by atoms with Crippen molar-refractivity contribution >= 4 is 17.6 Å². The highest BCUT2D eigenvalue weighted by atomic mass is 19.1. The molecular weight excluding hydrogens is 273 g/mol. The van der Waals surface area contributed by atoms with Gasteiger partial charge in [-0.1, -0.05) is 6.92 Å². The quantitative estimate of drug-likeness (QED) is 0.892. The number of anilines is 1. The number of nitrogens with zero attached hydrogens (tertiary/aromatic N) is 1. The highest BCUT2D eigenvalue weighted by Gasteiger charge is 2.33. The average molecular weight is 293 g/mol. The van der Waals surface area contributed by atoms with Crippen molar-refractivity contribution in [2.45, 2.75) is 38.8 Å². The van der Waals surface area contributed by atoms with Gasteiger partial charge in [0.1, 0.15) is 11.9 Å². The van der Waals surface area contributed by atoms with Crippen LogP contribution in [0.3, 0.4) is 0 Å². The van der Waals surface area contributed by atoms with Gasteiger partial charge in [-0.2, -0.15) is 0 Å². The van der Waals surface area contributed by atoms with E-state index in [9.17, 15) is 14.0 Å². The van der Waals surface area contributed by atoms with Crippen LogP contribution in [0.5, 0.6) is 0 Å². The second-order valence-electron chi connectivity index (χ2n) is 5.23. The summed E-state index contributed by atoms with van der Waals surface area (Å²) < 4.78 is 12.9. The summed E-state index contributed by atoms with van der Waals surface area (Å²) in [6.07, 6.45) is 1.37. The molecule has 1 aromatic carbocycles. The molecule has 2 N–H and O–H groups in total. The zero-order chi connectivity index (χ0) is 15.4. The fraction of sp³-hybridized carbons (Fsp3) is 0.467. The molecule has 0 aromatic heterocycles. The number of carbonyl (C=O) groups is 2. The third-order valence-corrected chi connectivity index (χ3v) is 3.64. The van der Waals surface area contributed by atoms with Gasteiger partial charge in [-0.15, -0.1) is 0 Å². The lowest BCUT2D eigenvalue weighted by Gasteiger charge is -2.18. The van der Waals surface area contributed by atoms with E-state index in [4.69, 9.17) is 0 Å². The molecule has 2 rings (SSSR count). The standard InChI is InChI=1S/C15H20FN3O2/c1-3-10(2)17-15(21)18-13-8-9-19(14(13)20)12-6-4-11(16)5-7-12/h4-7,10,13H,3,8-9H2,1-2H3,(H2,17,18,21). The van der Waals surface area contributed by atoms with E-state index in [1.807, 2.05) is 13.8 Å². The number of hydrogen-bond donors (Lipinski definition) is 2. The van der Waals surface area contributed by atoms with Crippen LogP contribution in [0.4, 0.5) is 14.9 Å². The summed E-state index contributed by atoms with van der Waals surface area (Å²) in [6.45, 7) is 4.39. The first-order valence-electron chi connectivity index (χ1n) is 7.15. The van der Waals surface area contributed by atoms with E-state index >= 15 is 0 Å². The molecule has 2 atom stereocenters. The van der Waals surface area contributed by atoms with E-state index < -0.39 is 6.04 Å². The third kappa shape index (κ3) is 3.71. The van der Waals surface area contributed by atoms with E-state index in [-0.39, 0.29) is 23.8 Å². The van der Waals surface area contributed by atoms with Crippen LogP contribution in [0.2, 0.25) is 0 Å². The number of benzene rings is 1. The molecule has 1 fully saturated rings. The molecule has 1 heterocycles. The Morgan fingerprint density at radius 3 is 2.71 bits per heavy atom. The Kier molecular flexibility index (Phi) is 4.77. The average Bonchev–Trinajstić information content (AvgIpc) is 2.81. The van der Waals surface area contributed by atoms with Crippen LogP contribution in [0.15, 0.2) is 24.3 Å². The van der Waals surface area contributed by atoms with Gasteiger partial charge in [0.25, 0.3) is 0 Å². The summed E-state index contributed by atoms with van der Waals surface area (Å²) >= 11 is 0. The van der Waals surface area contributed by atoms with Gasteiger partial charge in [-0.05, 0) is 44.0 Å². The van der Waals surface area contributed by atoms with Crippen LogP contribution in [0, 0.1) is 5.82 Å². The number of urea groups is 1. The Morgan fingerprint density at radius 2 is 2.10 bits per heavy atom. The van der Waals surface area contributed by atoms with E-state index in [0.717, 1.165) is 6.42 Å². The number of carbonyl (C=O) groups excluding carboxylic acids is 2. The fourth-order valence-electron chi connectivity index (χ4n) is 2.22. The van der Waals surface area contributed by atoms with Crippen molar-refractivity contribution in [2.75, 3.05) is 11.4 Å². The minimum Gasteiger partial charge on any atom is -0.336 e. The fourth-order valence-corrected chi connectivity index (χ4v) is 2.22. The van der Waals surface area contributed by atoms with Crippen LogP contribution in [-0.2, 0) is 4.79 Å². The highest BCUT2D eigenvalue weighted by Crippen LogP contribution is 2.21. The Hall–Kier alpha value is -2.11. The molecule has 21 heavy (non-hydrogen) atoms. The number of rotatable bonds is 4. The van der Waals surface area contributed by atoms with Crippen LogP contribution in [0.25, 0.3) is 0 Å². The van der Waals surface area contributed by atoms with E-state index in [1.165, 1.54) is 12.1 Å². The monoisotopic (exact) mass is 293 g/mol. The van der Waals surface area contributed by atoms with Crippen LogP contribution in [-0.4, -0.2) is 30.6 Å². The van der Waals surface area contributed by atoms with Crippen molar-refractivity contribution in [1.82, 2.24) is 10.6 Å².